The van der Waals surface area contributed by atoms with Crippen molar-refractivity contribution in [2.45, 2.75) is 51.2 Å². The first-order valence-corrected chi connectivity index (χ1v) is 12.2. The molecule has 190 valence electrons. The lowest BCUT2D eigenvalue weighted by Crippen LogP contribution is -2.58. The number of H-pyrrole nitrogens is 1. The van der Waals surface area contributed by atoms with Crippen LogP contribution in [-0.4, -0.2) is 79.5 Å². The summed E-state index contributed by atoms with van der Waals surface area (Å²) < 4.78 is 7.12. The van der Waals surface area contributed by atoms with Crippen LogP contribution in [-0.2, 0) is 4.74 Å². The quantitative estimate of drug-likeness (QED) is 0.578. The van der Waals surface area contributed by atoms with Crippen LogP contribution in [0.2, 0.25) is 0 Å². The summed E-state index contributed by atoms with van der Waals surface area (Å²) in [5, 5.41) is 7.80. The van der Waals surface area contributed by atoms with Gasteiger partial charge in [0.1, 0.15) is 16.8 Å². The number of carbonyl (C=O) groups is 2. The monoisotopic (exact) mass is 493 g/mol. The Balaban J connectivity index is 1.21. The summed E-state index contributed by atoms with van der Waals surface area (Å²) in [5.41, 5.74) is 0.507. The third kappa shape index (κ3) is 4.91. The van der Waals surface area contributed by atoms with Crippen molar-refractivity contribution in [1.82, 2.24) is 34.9 Å². The van der Waals surface area contributed by atoms with Gasteiger partial charge in [0.05, 0.1) is 17.8 Å². The number of fused-ring (bicyclic) bond motifs is 1. The van der Waals surface area contributed by atoms with E-state index < -0.39 is 5.60 Å². The summed E-state index contributed by atoms with van der Waals surface area (Å²) in [5.74, 6) is 0.472. The standard InChI is InChI=1S/C25H31N7O4/c1-25(2,3)36-24(35)30-11-7-8-17(15-30)27-23(34)31-13-16(14-31)20-28-21-19(22(33)29-20)12-26-32(21)18-9-5-4-6-10-18/h4-6,9-10,12,16-17H,7-8,11,13-15H2,1-3H3,(H,27,34)(H,28,29,33). The summed E-state index contributed by atoms with van der Waals surface area (Å²) in [6, 6.07) is 9.21. The molecular weight excluding hydrogens is 462 g/mol. The van der Waals surface area contributed by atoms with E-state index in [1.807, 2.05) is 51.1 Å². The fourth-order valence-corrected chi connectivity index (χ4v) is 4.56. The molecule has 2 fully saturated rings. The Kier molecular flexibility index (Phi) is 6.15. The van der Waals surface area contributed by atoms with Gasteiger partial charge in [0.2, 0.25) is 0 Å². The summed E-state index contributed by atoms with van der Waals surface area (Å²) in [7, 11) is 0. The van der Waals surface area contributed by atoms with Gasteiger partial charge in [0.25, 0.3) is 5.56 Å². The highest BCUT2D eigenvalue weighted by Gasteiger charge is 2.36. The number of aromatic amines is 1. The molecule has 5 rings (SSSR count). The van der Waals surface area contributed by atoms with Gasteiger partial charge in [-0.15, -0.1) is 0 Å². The number of carbonyl (C=O) groups excluding carboxylic acids is 2. The van der Waals surface area contributed by atoms with E-state index in [1.165, 1.54) is 6.20 Å². The fraction of sp³-hybridized carbons (Fsp3) is 0.480. The van der Waals surface area contributed by atoms with Crippen LogP contribution >= 0.6 is 0 Å². The second kappa shape index (κ2) is 9.29. The van der Waals surface area contributed by atoms with Crippen LogP contribution in [0.3, 0.4) is 0 Å². The minimum Gasteiger partial charge on any atom is -0.444 e. The molecule has 0 bridgehead atoms. The SMILES string of the molecule is CC(C)(C)OC(=O)N1CCCC(NC(=O)N2CC(c3nc4c(cnn4-c4ccccc4)c(=O)[nH]3)C2)C1. The molecule has 0 spiro atoms. The zero-order valence-electron chi connectivity index (χ0n) is 20.7. The van der Waals surface area contributed by atoms with E-state index in [2.05, 4.69) is 15.4 Å². The molecule has 2 N–H and O–H groups in total. The Morgan fingerprint density at radius 3 is 2.58 bits per heavy atom. The number of nitrogens with one attached hydrogen (secondary N) is 2. The van der Waals surface area contributed by atoms with Crippen molar-refractivity contribution in [3.8, 4) is 5.69 Å². The van der Waals surface area contributed by atoms with Crippen LogP contribution < -0.4 is 10.9 Å². The Morgan fingerprint density at radius 1 is 1.11 bits per heavy atom. The van der Waals surface area contributed by atoms with Gasteiger partial charge in [-0.25, -0.2) is 19.3 Å². The van der Waals surface area contributed by atoms with Crippen LogP contribution in [0.4, 0.5) is 9.59 Å². The second-order valence-electron chi connectivity index (χ2n) is 10.4. The molecule has 4 heterocycles. The van der Waals surface area contributed by atoms with E-state index in [0.29, 0.717) is 43.0 Å². The topological polar surface area (TPSA) is 125 Å². The number of hydrogen-bond donors (Lipinski definition) is 2. The van der Waals surface area contributed by atoms with Crippen molar-refractivity contribution in [2.24, 2.45) is 0 Å². The van der Waals surface area contributed by atoms with Crippen LogP contribution in [0.25, 0.3) is 16.7 Å². The van der Waals surface area contributed by atoms with E-state index in [9.17, 15) is 14.4 Å². The van der Waals surface area contributed by atoms with Crippen molar-refractivity contribution < 1.29 is 14.3 Å². The predicted molar refractivity (Wildman–Crippen MR) is 133 cm³/mol. The molecule has 11 heteroatoms. The van der Waals surface area contributed by atoms with Crippen molar-refractivity contribution >= 4 is 23.2 Å². The number of ether oxygens (including phenoxy) is 1. The number of benzene rings is 1. The van der Waals surface area contributed by atoms with Gasteiger partial charge in [-0.1, -0.05) is 18.2 Å². The molecule has 3 amide bonds. The highest BCUT2D eigenvalue weighted by Crippen LogP contribution is 2.26. The van der Waals surface area contributed by atoms with Crippen LogP contribution in [0.15, 0.2) is 41.3 Å². The Morgan fingerprint density at radius 2 is 1.86 bits per heavy atom. The van der Waals surface area contributed by atoms with Crippen molar-refractivity contribution in [1.29, 1.82) is 0 Å². The number of piperidine rings is 1. The maximum absolute atomic E-state index is 12.8. The van der Waals surface area contributed by atoms with Gasteiger partial charge in [-0.2, -0.15) is 5.10 Å². The van der Waals surface area contributed by atoms with Gasteiger partial charge in [0.15, 0.2) is 5.65 Å². The molecule has 2 aliphatic heterocycles. The summed E-state index contributed by atoms with van der Waals surface area (Å²) in [6.45, 7) is 7.45. The van der Waals surface area contributed by atoms with Crippen LogP contribution in [0, 0.1) is 0 Å². The summed E-state index contributed by atoms with van der Waals surface area (Å²) >= 11 is 0. The fourth-order valence-electron chi connectivity index (χ4n) is 4.56. The van der Waals surface area contributed by atoms with Crippen LogP contribution in [0.5, 0.6) is 0 Å². The molecular formula is C25H31N7O4. The number of urea groups is 1. The van der Waals surface area contributed by atoms with Gasteiger partial charge in [0, 0.05) is 32.2 Å². The Labute approximate surface area is 208 Å². The molecule has 0 radical (unpaired) electrons. The largest absolute Gasteiger partial charge is 0.444 e. The van der Waals surface area contributed by atoms with E-state index in [-0.39, 0.29) is 29.6 Å². The molecule has 1 unspecified atom stereocenters. The number of hydrogen-bond acceptors (Lipinski definition) is 6. The number of nitrogens with zero attached hydrogens (tertiary/aromatic N) is 5. The second-order valence-corrected chi connectivity index (χ2v) is 10.4. The Hall–Kier alpha value is -3.89. The zero-order chi connectivity index (χ0) is 25.4. The predicted octanol–water partition coefficient (Wildman–Crippen LogP) is 2.62. The average molecular weight is 494 g/mol. The van der Waals surface area contributed by atoms with Crippen molar-refractivity contribution in [3.05, 3.63) is 52.7 Å². The third-order valence-corrected chi connectivity index (χ3v) is 6.41. The lowest BCUT2D eigenvalue weighted by atomic mass is 9.99. The highest BCUT2D eigenvalue weighted by molar-refractivity contribution is 5.77. The molecule has 3 aromatic rings. The molecule has 1 aromatic carbocycles. The first kappa shape index (κ1) is 23.8. The maximum atomic E-state index is 12.8. The minimum atomic E-state index is -0.559. The first-order valence-electron chi connectivity index (χ1n) is 12.2. The molecule has 2 aromatic heterocycles. The molecule has 0 aliphatic carbocycles. The molecule has 0 saturated carbocycles. The van der Waals surface area contributed by atoms with Crippen LogP contribution in [0.1, 0.15) is 45.4 Å². The summed E-state index contributed by atoms with van der Waals surface area (Å²) in [4.78, 5) is 48.8. The van der Waals surface area contributed by atoms with E-state index in [1.54, 1.807) is 14.5 Å². The first-order chi connectivity index (χ1) is 17.2. The number of amides is 3. The number of aromatic nitrogens is 4. The van der Waals surface area contributed by atoms with Crippen molar-refractivity contribution in [3.63, 3.8) is 0 Å². The Bertz CT molecular complexity index is 1320. The highest BCUT2D eigenvalue weighted by atomic mass is 16.6. The minimum absolute atomic E-state index is 0.0726. The van der Waals surface area contributed by atoms with Gasteiger partial charge in [-0.3, -0.25) is 4.79 Å². The lowest BCUT2D eigenvalue weighted by Gasteiger charge is -2.40. The number of para-hydroxylation sites is 1. The normalized spacial score (nSPS) is 18.7. The van der Waals surface area contributed by atoms with Gasteiger partial charge >= 0.3 is 12.1 Å². The average Bonchev–Trinajstić information content (AvgIpc) is 3.22. The molecule has 1 atom stereocenters. The third-order valence-electron chi connectivity index (χ3n) is 6.41. The summed E-state index contributed by atoms with van der Waals surface area (Å²) in [6.07, 6.45) is 2.76. The molecule has 2 saturated heterocycles. The maximum Gasteiger partial charge on any atom is 0.410 e. The smallest absolute Gasteiger partial charge is 0.410 e. The zero-order valence-corrected chi connectivity index (χ0v) is 20.7. The molecule has 11 nitrogen and oxygen atoms in total. The lowest BCUT2D eigenvalue weighted by molar-refractivity contribution is 0.0187. The van der Waals surface area contributed by atoms with E-state index in [0.717, 1.165) is 18.5 Å². The number of rotatable bonds is 3. The molecule has 2 aliphatic rings. The van der Waals surface area contributed by atoms with Gasteiger partial charge in [-0.05, 0) is 45.7 Å². The molecule has 36 heavy (non-hydrogen) atoms. The number of likely N-dealkylation sites (tertiary alicyclic amines) is 2. The van der Waals surface area contributed by atoms with E-state index >= 15 is 0 Å². The van der Waals surface area contributed by atoms with Crippen molar-refractivity contribution in [2.75, 3.05) is 26.2 Å². The van der Waals surface area contributed by atoms with E-state index in [4.69, 9.17) is 9.72 Å². The van der Waals surface area contributed by atoms with Gasteiger partial charge < -0.3 is 24.8 Å².